The molecule has 1 amide bonds. The fourth-order valence-electron chi connectivity index (χ4n) is 2.08. The number of ketones is 1. The number of hydrogen-bond acceptors (Lipinski definition) is 4. The van der Waals surface area contributed by atoms with Crippen LogP contribution in [0.2, 0.25) is 0 Å². The van der Waals surface area contributed by atoms with Crippen LogP contribution >= 0.6 is 0 Å². The molecule has 2 atom stereocenters. The summed E-state index contributed by atoms with van der Waals surface area (Å²) >= 11 is 0. The number of hydrogen-bond donors (Lipinski definition) is 1. The van der Waals surface area contributed by atoms with E-state index in [1.165, 1.54) is 0 Å². The second-order valence-electron chi connectivity index (χ2n) is 4.60. The third kappa shape index (κ3) is 4.54. The Bertz CT molecular complexity index is 314. The van der Waals surface area contributed by atoms with Gasteiger partial charge in [-0.05, 0) is 18.8 Å². The first-order chi connectivity index (χ1) is 8.00. The molecule has 0 saturated heterocycles. The van der Waals surface area contributed by atoms with Crippen molar-refractivity contribution in [3.05, 3.63) is 0 Å². The van der Waals surface area contributed by atoms with Crippen molar-refractivity contribution >= 4 is 17.7 Å². The summed E-state index contributed by atoms with van der Waals surface area (Å²) in [4.78, 5) is 33.4. The van der Waals surface area contributed by atoms with Gasteiger partial charge in [-0.3, -0.25) is 14.4 Å². The molecule has 0 aliphatic heterocycles. The molecule has 5 heteroatoms. The van der Waals surface area contributed by atoms with Crippen LogP contribution in [0.5, 0.6) is 0 Å². The maximum absolute atomic E-state index is 11.7. The highest BCUT2D eigenvalue weighted by Crippen LogP contribution is 2.28. The van der Waals surface area contributed by atoms with Crippen molar-refractivity contribution in [2.75, 3.05) is 6.61 Å². The van der Waals surface area contributed by atoms with Gasteiger partial charge in [-0.1, -0.05) is 6.92 Å². The third-order valence-electron chi connectivity index (χ3n) is 3.09. The average molecular weight is 241 g/mol. The summed E-state index contributed by atoms with van der Waals surface area (Å²) in [6, 6.07) is 0. The molecule has 0 radical (unpaired) electrons. The number of esters is 1. The van der Waals surface area contributed by atoms with Gasteiger partial charge in [0.25, 0.3) is 0 Å². The van der Waals surface area contributed by atoms with E-state index in [-0.39, 0.29) is 36.6 Å². The van der Waals surface area contributed by atoms with Crippen molar-refractivity contribution in [2.45, 2.75) is 39.0 Å². The molecule has 0 unspecified atom stereocenters. The van der Waals surface area contributed by atoms with Crippen LogP contribution in [-0.2, 0) is 19.1 Å². The number of carbonyl (C=O) groups is 3. The van der Waals surface area contributed by atoms with Gasteiger partial charge in [-0.15, -0.1) is 0 Å². The van der Waals surface area contributed by atoms with Gasteiger partial charge in [0, 0.05) is 19.3 Å². The average Bonchev–Trinajstić information content (AvgIpc) is 2.23. The molecule has 1 aliphatic rings. The summed E-state index contributed by atoms with van der Waals surface area (Å²) in [5, 5.41) is 0. The van der Waals surface area contributed by atoms with Crippen molar-refractivity contribution in [3.63, 3.8) is 0 Å². The van der Waals surface area contributed by atoms with E-state index in [2.05, 4.69) is 0 Å². The Morgan fingerprint density at radius 2 is 2.18 bits per heavy atom. The topological polar surface area (TPSA) is 86.5 Å². The number of carbonyl (C=O) groups excluding carboxylic acids is 3. The second-order valence-corrected chi connectivity index (χ2v) is 4.60. The lowest BCUT2D eigenvalue weighted by molar-refractivity contribution is -0.152. The summed E-state index contributed by atoms with van der Waals surface area (Å²) in [7, 11) is 0. The normalized spacial score (nSPS) is 24.4. The van der Waals surface area contributed by atoms with Crippen molar-refractivity contribution < 1.29 is 19.1 Å². The maximum atomic E-state index is 11.7. The Labute approximate surface area is 101 Å². The van der Waals surface area contributed by atoms with E-state index in [0.29, 0.717) is 25.7 Å². The van der Waals surface area contributed by atoms with E-state index in [1.807, 2.05) is 6.92 Å². The number of primary amides is 1. The number of rotatable bonds is 5. The van der Waals surface area contributed by atoms with Crippen LogP contribution < -0.4 is 5.73 Å². The first kappa shape index (κ1) is 13.7. The summed E-state index contributed by atoms with van der Waals surface area (Å²) in [5.41, 5.74) is 4.97. The third-order valence-corrected chi connectivity index (χ3v) is 3.09. The zero-order chi connectivity index (χ0) is 12.8. The first-order valence-corrected chi connectivity index (χ1v) is 5.97. The molecule has 0 spiro atoms. The monoisotopic (exact) mass is 241 g/mol. The summed E-state index contributed by atoms with van der Waals surface area (Å²) in [6.45, 7) is 2.12. The Kier molecular flexibility index (Phi) is 5.12. The number of ether oxygens (including phenoxy) is 1. The predicted octanol–water partition coefficient (Wildman–Crippen LogP) is 0.800. The largest absolute Gasteiger partial charge is 0.465 e. The van der Waals surface area contributed by atoms with Crippen LogP contribution in [0.3, 0.4) is 0 Å². The minimum Gasteiger partial charge on any atom is -0.465 e. The SMILES string of the molecule is C[C@H]1CC(=O)CC[C@H]1C(=O)OCCCC(N)=O. The molecule has 1 saturated carbocycles. The van der Waals surface area contributed by atoms with E-state index >= 15 is 0 Å². The Morgan fingerprint density at radius 3 is 2.76 bits per heavy atom. The minimum absolute atomic E-state index is 0.0555. The molecule has 2 N–H and O–H groups in total. The van der Waals surface area contributed by atoms with Gasteiger partial charge in [-0.25, -0.2) is 0 Å². The molecule has 0 bridgehead atoms. The van der Waals surface area contributed by atoms with Crippen LogP contribution in [0.25, 0.3) is 0 Å². The van der Waals surface area contributed by atoms with Crippen LogP contribution in [0, 0.1) is 11.8 Å². The molecule has 0 aromatic heterocycles. The molecule has 96 valence electrons. The van der Waals surface area contributed by atoms with Gasteiger partial charge in [0.1, 0.15) is 5.78 Å². The zero-order valence-corrected chi connectivity index (χ0v) is 10.1. The molecule has 0 aromatic rings. The van der Waals surface area contributed by atoms with Gasteiger partial charge in [0.05, 0.1) is 12.5 Å². The molecular formula is C12H19NO4. The molecule has 1 aliphatic carbocycles. The quantitative estimate of drug-likeness (QED) is 0.569. The van der Waals surface area contributed by atoms with E-state index in [9.17, 15) is 14.4 Å². The summed E-state index contributed by atoms with van der Waals surface area (Å²) in [5.74, 6) is -0.552. The van der Waals surface area contributed by atoms with Gasteiger partial charge in [-0.2, -0.15) is 0 Å². The molecule has 0 aromatic carbocycles. The Hall–Kier alpha value is -1.39. The lowest BCUT2D eigenvalue weighted by Crippen LogP contribution is -2.30. The summed E-state index contributed by atoms with van der Waals surface area (Å²) < 4.78 is 5.08. The van der Waals surface area contributed by atoms with Gasteiger partial charge in [0.2, 0.25) is 5.91 Å². The smallest absolute Gasteiger partial charge is 0.309 e. The van der Waals surface area contributed by atoms with Crippen LogP contribution in [0.1, 0.15) is 39.0 Å². The van der Waals surface area contributed by atoms with Crippen LogP contribution in [0.4, 0.5) is 0 Å². The Balaban J connectivity index is 2.27. The Morgan fingerprint density at radius 1 is 1.47 bits per heavy atom. The predicted molar refractivity (Wildman–Crippen MR) is 60.9 cm³/mol. The van der Waals surface area contributed by atoms with Crippen LogP contribution in [0.15, 0.2) is 0 Å². The van der Waals surface area contributed by atoms with Crippen molar-refractivity contribution in [1.29, 1.82) is 0 Å². The van der Waals surface area contributed by atoms with Crippen molar-refractivity contribution in [1.82, 2.24) is 0 Å². The highest BCUT2D eigenvalue weighted by Gasteiger charge is 2.32. The lowest BCUT2D eigenvalue weighted by atomic mass is 9.80. The number of amides is 1. The van der Waals surface area contributed by atoms with E-state index in [0.717, 1.165) is 0 Å². The number of Topliss-reactive ketones (excluding diaryl/α,β-unsaturated/α-hetero) is 1. The van der Waals surface area contributed by atoms with E-state index < -0.39 is 5.91 Å². The van der Waals surface area contributed by atoms with Gasteiger partial charge >= 0.3 is 5.97 Å². The van der Waals surface area contributed by atoms with E-state index in [4.69, 9.17) is 10.5 Å². The van der Waals surface area contributed by atoms with Crippen molar-refractivity contribution in [2.24, 2.45) is 17.6 Å². The maximum Gasteiger partial charge on any atom is 0.309 e. The summed E-state index contributed by atoms with van der Waals surface area (Å²) in [6.07, 6.45) is 2.19. The zero-order valence-electron chi connectivity index (χ0n) is 10.1. The molecule has 1 rings (SSSR count). The fraction of sp³-hybridized carbons (Fsp3) is 0.750. The molecule has 0 heterocycles. The second kappa shape index (κ2) is 6.37. The van der Waals surface area contributed by atoms with Gasteiger partial charge < -0.3 is 10.5 Å². The molecule has 1 fully saturated rings. The highest BCUT2D eigenvalue weighted by molar-refractivity contribution is 5.83. The van der Waals surface area contributed by atoms with Crippen LogP contribution in [-0.4, -0.2) is 24.3 Å². The molecule has 5 nitrogen and oxygen atoms in total. The number of nitrogens with two attached hydrogens (primary N) is 1. The molecule has 17 heavy (non-hydrogen) atoms. The van der Waals surface area contributed by atoms with Gasteiger partial charge in [0.15, 0.2) is 0 Å². The highest BCUT2D eigenvalue weighted by atomic mass is 16.5. The first-order valence-electron chi connectivity index (χ1n) is 5.97. The standard InChI is InChI=1S/C12H19NO4/c1-8-7-9(14)4-5-10(8)12(16)17-6-2-3-11(13)15/h8,10H,2-7H2,1H3,(H2,13,15)/t8-,10+/m0/s1. The minimum atomic E-state index is -0.391. The van der Waals surface area contributed by atoms with E-state index in [1.54, 1.807) is 0 Å². The molecular weight excluding hydrogens is 222 g/mol. The fourth-order valence-corrected chi connectivity index (χ4v) is 2.08. The lowest BCUT2D eigenvalue weighted by Gasteiger charge is -2.25. The van der Waals surface area contributed by atoms with Crippen molar-refractivity contribution in [3.8, 4) is 0 Å².